The SMILES string of the molecule is NC(=O)C1CC(=O)N(c2c(Cl)cc(Br)cc2OC(F)(F)F)C1. The Morgan fingerprint density at radius 2 is 2.09 bits per heavy atom. The third-order valence-corrected chi connectivity index (χ3v) is 3.76. The van der Waals surface area contributed by atoms with Crippen molar-refractivity contribution in [1.29, 1.82) is 0 Å². The lowest BCUT2D eigenvalue weighted by molar-refractivity contribution is -0.274. The lowest BCUT2D eigenvalue weighted by atomic mass is 10.1. The summed E-state index contributed by atoms with van der Waals surface area (Å²) in [6.45, 7) is -0.149. The van der Waals surface area contributed by atoms with Crippen molar-refractivity contribution in [1.82, 2.24) is 0 Å². The molecule has 1 aromatic rings. The van der Waals surface area contributed by atoms with Crippen molar-refractivity contribution in [3.63, 3.8) is 0 Å². The number of halogens is 5. The van der Waals surface area contributed by atoms with Crippen molar-refractivity contribution in [2.24, 2.45) is 11.7 Å². The molecule has 1 fully saturated rings. The monoisotopic (exact) mass is 400 g/mol. The number of amides is 2. The number of carbonyl (C=O) groups excluding carboxylic acids is 2. The minimum absolute atomic E-state index is 0.118. The molecule has 2 N–H and O–H groups in total. The van der Waals surface area contributed by atoms with Gasteiger partial charge in [0.25, 0.3) is 0 Å². The van der Waals surface area contributed by atoms with E-state index in [1.54, 1.807) is 0 Å². The molecular weight excluding hydrogens is 392 g/mol. The highest BCUT2D eigenvalue weighted by atomic mass is 79.9. The van der Waals surface area contributed by atoms with Gasteiger partial charge in [0.15, 0.2) is 5.75 Å². The van der Waals surface area contributed by atoms with Crippen molar-refractivity contribution in [2.45, 2.75) is 12.8 Å². The van der Waals surface area contributed by atoms with Crippen LogP contribution in [0.1, 0.15) is 6.42 Å². The summed E-state index contributed by atoms with van der Waals surface area (Å²) in [7, 11) is 0. The fourth-order valence-corrected chi connectivity index (χ4v) is 3.00. The van der Waals surface area contributed by atoms with Gasteiger partial charge < -0.3 is 15.4 Å². The Morgan fingerprint density at radius 1 is 1.45 bits per heavy atom. The second-order valence-corrected chi connectivity index (χ2v) is 5.91. The van der Waals surface area contributed by atoms with Crippen molar-refractivity contribution in [3.05, 3.63) is 21.6 Å². The van der Waals surface area contributed by atoms with Gasteiger partial charge in [0.05, 0.1) is 10.9 Å². The summed E-state index contributed by atoms with van der Waals surface area (Å²) in [5.41, 5.74) is 4.89. The molecule has 1 heterocycles. The molecule has 1 saturated heterocycles. The maximum absolute atomic E-state index is 12.5. The fraction of sp³-hybridized carbons (Fsp3) is 0.333. The Balaban J connectivity index is 2.46. The molecule has 120 valence electrons. The smallest absolute Gasteiger partial charge is 0.403 e. The maximum atomic E-state index is 12.5. The number of hydrogen-bond acceptors (Lipinski definition) is 3. The van der Waals surface area contributed by atoms with Gasteiger partial charge in [-0.05, 0) is 12.1 Å². The number of carbonyl (C=O) groups is 2. The molecule has 1 aromatic carbocycles. The van der Waals surface area contributed by atoms with E-state index < -0.39 is 29.8 Å². The van der Waals surface area contributed by atoms with E-state index in [-0.39, 0.29) is 28.1 Å². The van der Waals surface area contributed by atoms with Gasteiger partial charge in [0.1, 0.15) is 5.69 Å². The molecule has 1 unspecified atom stereocenters. The van der Waals surface area contributed by atoms with Crippen LogP contribution in [0.25, 0.3) is 0 Å². The average molecular weight is 402 g/mol. The standard InChI is InChI=1S/C12H9BrClF3N2O3/c13-6-2-7(14)10(8(3-6)22-12(15,16)17)19-4-5(11(18)21)1-9(19)20/h2-3,5H,1,4H2,(H2,18,21). The number of ether oxygens (including phenoxy) is 1. The summed E-state index contributed by atoms with van der Waals surface area (Å²) in [6.07, 6.45) is -5.14. The van der Waals surface area contributed by atoms with Crippen molar-refractivity contribution >= 4 is 45.0 Å². The Morgan fingerprint density at radius 3 is 2.59 bits per heavy atom. The van der Waals surface area contributed by atoms with E-state index in [0.717, 1.165) is 11.0 Å². The summed E-state index contributed by atoms with van der Waals surface area (Å²) >= 11 is 8.95. The predicted octanol–water partition coefficient (Wildman–Crippen LogP) is 2.84. The maximum Gasteiger partial charge on any atom is 0.573 e. The van der Waals surface area contributed by atoms with Crippen LogP contribution in [0.15, 0.2) is 16.6 Å². The molecule has 1 aliphatic heterocycles. The lowest BCUT2D eigenvalue weighted by Crippen LogP contribution is -2.29. The Hall–Kier alpha value is -1.48. The largest absolute Gasteiger partial charge is 0.573 e. The molecule has 2 rings (SSSR count). The topological polar surface area (TPSA) is 72.6 Å². The summed E-state index contributed by atoms with van der Waals surface area (Å²) in [4.78, 5) is 24.1. The molecular formula is C12H9BrClF3N2O3. The fourth-order valence-electron chi connectivity index (χ4n) is 2.12. The first-order chi connectivity index (χ1) is 10.1. The first-order valence-electron chi connectivity index (χ1n) is 5.93. The van der Waals surface area contributed by atoms with E-state index in [4.69, 9.17) is 17.3 Å². The molecule has 1 aliphatic rings. The van der Waals surface area contributed by atoms with Gasteiger partial charge in [-0.2, -0.15) is 0 Å². The number of nitrogens with two attached hydrogens (primary N) is 1. The number of alkyl halides is 3. The first-order valence-corrected chi connectivity index (χ1v) is 7.10. The zero-order valence-electron chi connectivity index (χ0n) is 10.8. The second-order valence-electron chi connectivity index (χ2n) is 4.59. The minimum Gasteiger partial charge on any atom is -0.403 e. The van der Waals surface area contributed by atoms with Crippen LogP contribution in [-0.4, -0.2) is 24.7 Å². The normalized spacial score (nSPS) is 18.7. The highest BCUT2D eigenvalue weighted by Gasteiger charge is 2.39. The van der Waals surface area contributed by atoms with Crippen LogP contribution in [0.5, 0.6) is 5.75 Å². The number of anilines is 1. The van der Waals surface area contributed by atoms with Crippen LogP contribution < -0.4 is 15.4 Å². The molecule has 0 bridgehead atoms. The van der Waals surface area contributed by atoms with Gasteiger partial charge in [0.2, 0.25) is 11.8 Å². The van der Waals surface area contributed by atoms with Crippen molar-refractivity contribution < 1.29 is 27.5 Å². The van der Waals surface area contributed by atoms with Crippen molar-refractivity contribution in [3.8, 4) is 5.75 Å². The number of benzene rings is 1. The summed E-state index contributed by atoms with van der Waals surface area (Å²) in [6, 6.07) is 2.37. The van der Waals surface area contributed by atoms with E-state index >= 15 is 0 Å². The number of primary amides is 1. The molecule has 5 nitrogen and oxygen atoms in total. The third kappa shape index (κ3) is 3.64. The molecule has 22 heavy (non-hydrogen) atoms. The second kappa shape index (κ2) is 5.96. The molecule has 2 amide bonds. The van der Waals surface area contributed by atoms with Gasteiger partial charge in [-0.15, -0.1) is 13.2 Å². The Bertz CT molecular complexity index is 639. The molecule has 0 spiro atoms. The number of hydrogen-bond donors (Lipinski definition) is 1. The number of nitrogens with zero attached hydrogens (tertiary/aromatic N) is 1. The molecule has 0 aliphatic carbocycles. The van der Waals surface area contributed by atoms with Crippen molar-refractivity contribution in [2.75, 3.05) is 11.4 Å². The van der Waals surface area contributed by atoms with Crippen LogP contribution in [-0.2, 0) is 9.59 Å². The van der Waals surface area contributed by atoms with Crippen LogP contribution in [0.4, 0.5) is 18.9 Å². The summed E-state index contributed by atoms with van der Waals surface area (Å²) < 4.78 is 41.7. The van der Waals surface area contributed by atoms with E-state index in [0.29, 0.717) is 0 Å². The third-order valence-electron chi connectivity index (χ3n) is 3.02. The van der Waals surface area contributed by atoms with Crippen LogP contribution in [0.2, 0.25) is 5.02 Å². The highest BCUT2D eigenvalue weighted by Crippen LogP contribution is 2.43. The molecule has 10 heteroatoms. The van der Waals surface area contributed by atoms with E-state index in [1.165, 1.54) is 6.07 Å². The highest BCUT2D eigenvalue weighted by molar-refractivity contribution is 9.10. The predicted molar refractivity (Wildman–Crippen MR) is 75.5 cm³/mol. The Kier molecular flexibility index (Phi) is 4.57. The van der Waals surface area contributed by atoms with Gasteiger partial charge in [-0.3, -0.25) is 9.59 Å². The molecule has 0 saturated carbocycles. The zero-order valence-corrected chi connectivity index (χ0v) is 13.1. The zero-order chi connectivity index (χ0) is 16.7. The Labute approximate surface area is 136 Å². The van der Waals surface area contributed by atoms with E-state index in [9.17, 15) is 22.8 Å². The van der Waals surface area contributed by atoms with Crippen LogP contribution in [0, 0.1) is 5.92 Å². The quantitative estimate of drug-likeness (QED) is 0.846. The van der Waals surface area contributed by atoms with Crippen LogP contribution in [0.3, 0.4) is 0 Å². The van der Waals surface area contributed by atoms with Gasteiger partial charge in [-0.25, -0.2) is 0 Å². The first kappa shape index (κ1) is 16.9. The molecule has 0 radical (unpaired) electrons. The lowest BCUT2D eigenvalue weighted by Gasteiger charge is -2.22. The number of rotatable bonds is 3. The average Bonchev–Trinajstić information content (AvgIpc) is 2.68. The van der Waals surface area contributed by atoms with Gasteiger partial charge in [-0.1, -0.05) is 27.5 Å². The van der Waals surface area contributed by atoms with Gasteiger partial charge in [0, 0.05) is 17.4 Å². The summed E-state index contributed by atoms with van der Waals surface area (Å²) in [5.74, 6) is -2.68. The van der Waals surface area contributed by atoms with Gasteiger partial charge >= 0.3 is 6.36 Å². The molecule has 1 atom stereocenters. The minimum atomic E-state index is -4.95. The summed E-state index contributed by atoms with van der Waals surface area (Å²) in [5, 5.41) is -0.118. The van der Waals surface area contributed by atoms with E-state index in [2.05, 4.69) is 20.7 Å². The van der Waals surface area contributed by atoms with E-state index in [1.807, 2.05) is 0 Å². The van der Waals surface area contributed by atoms with Crippen LogP contribution >= 0.6 is 27.5 Å². The molecule has 0 aromatic heterocycles.